The van der Waals surface area contributed by atoms with Gasteiger partial charge >= 0.3 is 5.97 Å². The van der Waals surface area contributed by atoms with Crippen LogP contribution in [0.3, 0.4) is 0 Å². The van der Waals surface area contributed by atoms with E-state index in [9.17, 15) is 9.90 Å². The lowest BCUT2D eigenvalue weighted by molar-refractivity contribution is 0.0701. The highest BCUT2D eigenvalue weighted by molar-refractivity contribution is 6.13. The molecule has 0 aliphatic rings. The van der Waals surface area contributed by atoms with Crippen LogP contribution < -0.4 is 0 Å². The van der Waals surface area contributed by atoms with Crippen molar-refractivity contribution < 1.29 is 9.90 Å². The molecule has 0 aliphatic carbocycles. The molecule has 2 aromatic heterocycles. The molecule has 0 atom stereocenters. The predicted octanol–water partition coefficient (Wildman–Crippen LogP) is 6.47. The van der Waals surface area contributed by atoms with E-state index in [0.717, 1.165) is 11.0 Å². The molecule has 0 saturated heterocycles. The second kappa shape index (κ2) is 7.84. The maximum atomic E-state index is 11.4. The Balaban J connectivity index is 0.000000134. The molecular weight excluding hydrogens is 384 g/mol. The molecule has 0 radical (unpaired) electrons. The lowest BCUT2D eigenvalue weighted by atomic mass is 10.0. The molecule has 4 heteroatoms. The van der Waals surface area contributed by atoms with Crippen LogP contribution in [0.5, 0.6) is 0 Å². The summed E-state index contributed by atoms with van der Waals surface area (Å²) in [6.45, 7) is 0. The van der Waals surface area contributed by atoms with E-state index >= 15 is 0 Å². The quantitative estimate of drug-likeness (QED) is 0.320. The van der Waals surface area contributed by atoms with Crippen molar-refractivity contribution in [1.82, 2.24) is 9.97 Å². The van der Waals surface area contributed by atoms with Gasteiger partial charge in [-0.2, -0.15) is 0 Å². The third-order valence-electron chi connectivity index (χ3n) is 5.23. The average Bonchev–Trinajstić information content (AvgIpc) is 2.81. The van der Waals surface area contributed by atoms with Crippen molar-refractivity contribution in [1.29, 1.82) is 0 Å². The van der Waals surface area contributed by atoms with Crippen LogP contribution in [0.1, 0.15) is 10.4 Å². The number of rotatable bonds is 1. The van der Waals surface area contributed by atoms with Gasteiger partial charge in [-0.1, -0.05) is 72.8 Å². The van der Waals surface area contributed by atoms with E-state index in [1.54, 1.807) is 12.1 Å². The molecule has 0 unspecified atom stereocenters. The molecule has 148 valence electrons. The van der Waals surface area contributed by atoms with Gasteiger partial charge in [0.2, 0.25) is 0 Å². The summed E-state index contributed by atoms with van der Waals surface area (Å²) in [5, 5.41) is 13.1. The first kappa shape index (κ1) is 18.7. The second-order valence-electron chi connectivity index (χ2n) is 7.20. The maximum Gasteiger partial charge on any atom is 0.337 e. The molecule has 2 heterocycles. The molecule has 0 amide bonds. The normalized spacial score (nSPS) is 10.8. The number of hydrogen-bond acceptors (Lipinski definition) is 3. The summed E-state index contributed by atoms with van der Waals surface area (Å²) in [7, 11) is 0. The number of hydrogen-bond donors (Lipinski definition) is 1. The largest absolute Gasteiger partial charge is 0.478 e. The van der Waals surface area contributed by atoms with Gasteiger partial charge in [0.25, 0.3) is 0 Å². The number of carboxylic acid groups (broad SMARTS) is 1. The van der Waals surface area contributed by atoms with Gasteiger partial charge in [0.15, 0.2) is 0 Å². The van der Waals surface area contributed by atoms with Gasteiger partial charge < -0.3 is 5.11 Å². The fourth-order valence-corrected chi connectivity index (χ4v) is 3.79. The Morgan fingerprint density at radius 3 is 1.42 bits per heavy atom. The fourth-order valence-electron chi connectivity index (χ4n) is 3.79. The van der Waals surface area contributed by atoms with Gasteiger partial charge in [-0.15, -0.1) is 0 Å². The summed E-state index contributed by atoms with van der Waals surface area (Å²) in [6, 6.07) is 33.2. The maximum absolute atomic E-state index is 11.4. The molecule has 0 fully saturated rings. The molecule has 4 nitrogen and oxygen atoms in total. The Bertz CT molecular complexity index is 1420. The van der Waals surface area contributed by atoms with E-state index < -0.39 is 5.97 Å². The molecule has 4 aromatic carbocycles. The number of aromatic carboxylic acids is 1. The minimum Gasteiger partial charge on any atom is -0.478 e. The van der Waals surface area contributed by atoms with Crippen molar-refractivity contribution in [2.45, 2.75) is 0 Å². The highest BCUT2D eigenvalue weighted by atomic mass is 16.4. The van der Waals surface area contributed by atoms with Crippen molar-refractivity contribution >= 4 is 49.6 Å². The lowest BCUT2D eigenvalue weighted by Crippen LogP contribution is -2.00. The number of carboxylic acids is 1. The summed E-state index contributed by atoms with van der Waals surface area (Å²) >= 11 is 0. The molecule has 0 bridgehead atoms. The van der Waals surface area contributed by atoms with Crippen molar-refractivity contribution in [2.75, 3.05) is 0 Å². The minimum atomic E-state index is -0.917. The lowest BCUT2D eigenvalue weighted by Gasteiger charge is -2.06. The zero-order chi connectivity index (χ0) is 21.2. The number of para-hydroxylation sites is 4. The van der Waals surface area contributed by atoms with E-state index in [2.05, 4.69) is 28.2 Å². The van der Waals surface area contributed by atoms with Crippen molar-refractivity contribution in [3.05, 3.63) is 109 Å². The van der Waals surface area contributed by atoms with Crippen molar-refractivity contribution in [2.24, 2.45) is 0 Å². The van der Waals surface area contributed by atoms with Crippen LogP contribution >= 0.6 is 0 Å². The van der Waals surface area contributed by atoms with E-state index in [-0.39, 0.29) is 0 Å². The Hall–Kier alpha value is -4.31. The van der Waals surface area contributed by atoms with Gasteiger partial charge in [0.05, 0.1) is 27.6 Å². The van der Waals surface area contributed by atoms with Crippen LogP contribution in [-0.4, -0.2) is 21.0 Å². The van der Waals surface area contributed by atoms with Crippen LogP contribution in [0.25, 0.3) is 43.6 Å². The number of aromatic nitrogens is 2. The van der Waals surface area contributed by atoms with Crippen LogP contribution in [0.4, 0.5) is 0 Å². The summed E-state index contributed by atoms with van der Waals surface area (Å²) in [6.07, 6.45) is 0. The standard InChI is InChI=1S/C14H9NO2.C13H9N/c16-14(17)13-9-5-1-3-7-11(9)15-12-8-4-2-6-10(12)13;1-3-7-12-10(5-1)9-11-6-2-4-8-13(11)14-12/h1-8H,(H,16,17);1-9H. The highest BCUT2D eigenvalue weighted by Gasteiger charge is 2.13. The Labute approximate surface area is 178 Å². The van der Waals surface area contributed by atoms with Gasteiger partial charge in [-0.05, 0) is 30.3 Å². The van der Waals surface area contributed by atoms with E-state index in [1.165, 1.54) is 10.8 Å². The third kappa shape index (κ3) is 3.55. The van der Waals surface area contributed by atoms with E-state index in [1.807, 2.05) is 72.8 Å². The van der Waals surface area contributed by atoms with Gasteiger partial charge in [-0.25, -0.2) is 14.8 Å². The zero-order valence-electron chi connectivity index (χ0n) is 16.6. The Morgan fingerprint density at radius 1 is 0.548 bits per heavy atom. The first-order chi connectivity index (χ1) is 15.2. The molecule has 1 N–H and O–H groups in total. The minimum absolute atomic E-state index is 0.325. The van der Waals surface area contributed by atoms with E-state index in [0.29, 0.717) is 27.4 Å². The Kier molecular flexibility index (Phi) is 4.73. The van der Waals surface area contributed by atoms with Crippen LogP contribution in [0.15, 0.2) is 103 Å². The van der Waals surface area contributed by atoms with E-state index in [4.69, 9.17) is 0 Å². The molecule has 0 spiro atoms. The predicted molar refractivity (Wildman–Crippen MR) is 125 cm³/mol. The second-order valence-corrected chi connectivity index (χ2v) is 7.20. The van der Waals surface area contributed by atoms with Crippen LogP contribution in [0.2, 0.25) is 0 Å². The average molecular weight is 402 g/mol. The summed E-state index contributed by atoms with van der Waals surface area (Å²) in [4.78, 5) is 20.4. The van der Waals surface area contributed by atoms with Gasteiger partial charge in [0, 0.05) is 21.5 Å². The van der Waals surface area contributed by atoms with Crippen LogP contribution in [0, 0.1) is 0 Å². The summed E-state index contributed by atoms with van der Waals surface area (Å²) in [5.41, 5.74) is 3.87. The summed E-state index contributed by atoms with van der Waals surface area (Å²) < 4.78 is 0. The highest BCUT2D eigenvalue weighted by Crippen LogP contribution is 2.25. The van der Waals surface area contributed by atoms with Gasteiger partial charge in [-0.3, -0.25) is 0 Å². The number of carbonyl (C=O) groups is 1. The summed E-state index contributed by atoms with van der Waals surface area (Å²) in [5.74, 6) is -0.917. The van der Waals surface area contributed by atoms with Crippen LogP contribution in [-0.2, 0) is 0 Å². The fraction of sp³-hybridized carbons (Fsp3) is 0. The zero-order valence-corrected chi connectivity index (χ0v) is 16.6. The number of benzene rings is 4. The molecule has 6 aromatic rings. The van der Waals surface area contributed by atoms with Gasteiger partial charge in [0.1, 0.15) is 0 Å². The number of fused-ring (bicyclic) bond motifs is 4. The monoisotopic (exact) mass is 402 g/mol. The SMILES string of the molecule is O=C(O)c1c2ccccc2nc2ccccc12.c1ccc2nc3ccccc3cc2c1. The smallest absolute Gasteiger partial charge is 0.337 e. The van der Waals surface area contributed by atoms with Crippen molar-refractivity contribution in [3.63, 3.8) is 0 Å². The molecule has 6 rings (SSSR count). The number of pyridine rings is 2. The first-order valence-electron chi connectivity index (χ1n) is 9.96. The molecule has 0 aliphatic heterocycles. The first-order valence-corrected chi connectivity index (χ1v) is 9.96. The number of nitrogens with zero attached hydrogens (tertiary/aromatic N) is 2. The molecular formula is C27H18N2O2. The molecule has 31 heavy (non-hydrogen) atoms. The molecule has 0 saturated carbocycles. The van der Waals surface area contributed by atoms with Crippen molar-refractivity contribution in [3.8, 4) is 0 Å². The Morgan fingerprint density at radius 2 is 0.935 bits per heavy atom. The topological polar surface area (TPSA) is 63.1 Å². The third-order valence-corrected chi connectivity index (χ3v) is 5.23.